The van der Waals surface area contributed by atoms with Crippen molar-refractivity contribution in [3.63, 3.8) is 0 Å². The molecule has 3 unspecified atom stereocenters. The van der Waals surface area contributed by atoms with Crippen molar-refractivity contribution in [3.05, 3.63) is 22.4 Å². The number of carbonyl (C=O) groups excluding carboxylic acids is 1. The molecule has 3 aliphatic rings. The van der Waals surface area contributed by atoms with E-state index in [-0.39, 0.29) is 12.0 Å². The quantitative estimate of drug-likeness (QED) is 0.582. The van der Waals surface area contributed by atoms with Gasteiger partial charge in [0.05, 0.1) is 0 Å². The Morgan fingerprint density at radius 3 is 2.67 bits per heavy atom. The van der Waals surface area contributed by atoms with Gasteiger partial charge in [0.1, 0.15) is 6.10 Å². The van der Waals surface area contributed by atoms with Crippen LogP contribution in [-0.4, -0.2) is 92.6 Å². The molecular formula is C22H35N5O2S. The number of piperazine rings is 1. The van der Waals surface area contributed by atoms with Gasteiger partial charge in [0.2, 0.25) is 0 Å². The smallest absolute Gasteiger partial charge is 0.251 e. The van der Waals surface area contributed by atoms with Gasteiger partial charge in [0.15, 0.2) is 5.96 Å². The average Bonchev–Trinajstić information content (AvgIpc) is 3.49. The van der Waals surface area contributed by atoms with E-state index in [1.165, 1.54) is 17.7 Å². The number of hydrogen-bond donors (Lipinski definition) is 1. The third-order valence-corrected chi connectivity index (χ3v) is 7.61. The first-order valence-corrected chi connectivity index (χ1v) is 12.1. The highest BCUT2D eigenvalue weighted by Gasteiger charge is 2.33. The van der Waals surface area contributed by atoms with Gasteiger partial charge in [-0.2, -0.15) is 0 Å². The molecule has 1 amide bonds. The molecule has 3 saturated heterocycles. The van der Waals surface area contributed by atoms with Crippen molar-refractivity contribution in [2.75, 3.05) is 60.0 Å². The van der Waals surface area contributed by atoms with Crippen LogP contribution in [0.25, 0.3) is 0 Å². The molecule has 4 heterocycles. The predicted octanol–water partition coefficient (Wildman–Crippen LogP) is 2.03. The van der Waals surface area contributed by atoms with Crippen LogP contribution in [0.2, 0.25) is 0 Å². The minimum atomic E-state index is -0.216. The van der Waals surface area contributed by atoms with Crippen molar-refractivity contribution in [1.82, 2.24) is 20.0 Å². The fraction of sp³-hybridized carbons (Fsp3) is 0.727. The van der Waals surface area contributed by atoms with Crippen molar-refractivity contribution in [3.8, 4) is 0 Å². The molecule has 1 aromatic rings. The van der Waals surface area contributed by atoms with Gasteiger partial charge in [-0.3, -0.25) is 14.7 Å². The van der Waals surface area contributed by atoms with Crippen LogP contribution in [0.4, 0.5) is 0 Å². The van der Waals surface area contributed by atoms with E-state index in [0.29, 0.717) is 12.0 Å². The fourth-order valence-electron chi connectivity index (χ4n) is 5.05. The number of guanidine groups is 1. The molecule has 0 radical (unpaired) electrons. The van der Waals surface area contributed by atoms with E-state index < -0.39 is 0 Å². The van der Waals surface area contributed by atoms with Crippen LogP contribution in [0.15, 0.2) is 22.5 Å². The summed E-state index contributed by atoms with van der Waals surface area (Å²) in [4.78, 5) is 25.3. The molecule has 30 heavy (non-hydrogen) atoms. The minimum absolute atomic E-state index is 0.166. The number of carbonyl (C=O) groups is 1. The molecule has 3 aliphatic heterocycles. The van der Waals surface area contributed by atoms with Crippen molar-refractivity contribution >= 4 is 23.2 Å². The van der Waals surface area contributed by atoms with Gasteiger partial charge in [0.25, 0.3) is 5.91 Å². The third kappa shape index (κ3) is 4.81. The Balaban J connectivity index is 1.30. The van der Waals surface area contributed by atoms with E-state index in [2.05, 4.69) is 44.7 Å². The largest absolute Gasteiger partial charge is 0.368 e. The van der Waals surface area contributed by atoms with Crippen LogP contribution in [0, 0.1) is 5.92 Å². The van der Waals surface area contributed by atoms with Gasteiger partial charge < -0.3 is 19.9 Å². The second-order valence-electron chi connectivity index (χ2n) is 8.59. The Kier molecular flexibility index (Phi) is 7.28. The highest BCUT2D eigenvalue weighted by Crippen LogP contribution is 2.36. The Hall–Kier alpha value is -1.64. The number of hydrogen-bond acceptors (Lipinski definition) is 5. The van der Waals surface area contributed by atoms with Crippen molar-refractivity contribution in [1.29, 1.82) is 0 Å². The van der Waals surface area contributed by atoms with E-state index in [4.69, 9.17) is 4.74 Å². The Bertz CT molecular complexity index is 711. The average molecular weight is 434 g/mol. The highest BCUT2D eigenvalue weighted by atomic mass is 32.1. The molecule has 0 saturated carbocycles. The molecule has 3 fully saturated rings. The van der Waals surface area contributed by atoms with Crippen LogP contribution >= 0.6 is 11.3 Å². The number of likely N-dealkylation sites (tertiary alicyclic amines) is 1. The third-order valence-electron chi connectivity index (χ3n) is 6.67. The summed E-state index contributed by atoms with van der Waals surface area (Å²) >= 11 is 1.86. The maximum absolute atomic E-state index is 12.6. The van der Waals surface area contributed by atoms with Crippen LogP contribution in [0.3, 0.4) is 0 Å². The lowest BCUT2D eigenvalue weighted by atomic mass is 9.88. The van der Waals surface area contributed by atoms with Crippen LogP contribution in [0.5, 0.6) is 0 Å². The summed E-state index contributed by atoms with van der Waals surface area (Å²) in [5, 5.41) is 5.83. The zero-order valence-electron chi connectivity index (χ0n) is 18.3. The van der Waals surface area contributed by atoms with Gasteiger partial charge in [-0.1, -0.05) is 6.07 Å². The van der Waals surface area contributed by atoms with Gasteiger partial charge in [0, 0.05) is 57.3 Å². The lowest BCUT2D eigenvalue weighted by molar-refractivity contribution is -0.142. The minimum Gasteiger partial charge on any atom is -0.368 e. The molecule has 0 aliphatic carbocycles. The number of nitrogens with zero attached hydrogens (tertiary/aromatic N) is 4. The summed E-state index contributed by atoms with van der Waals surface area (Å²) in [6.07, 6.45) is 4.12. The number of ether oxygens (including phenoxy) is 1. The number of piperidine rings is 1. The fourth-order valence-corrected chi connectivity index (χ4v) is 6.04. The summed E-state index contributed by atoms with van der Waals surface area (Å²) in [5.74, 6) is 1.69. The Morgan fingerprint density at radius 1 is 1.20 bits per heavy atom. The first-order valence-electron chi connectivity index (χ1n) is 11.3. The standard InChI is InChI=1S/C22H35N5O2S/c1-23-22(27-12-10-26(11-13-27)21(28)18-7-4-14-29-18)24-16-17-6-3-9-25(2)20(17)19-8-5-15-30-19/h5,8,15,17-18,20H,3-4,6-7,9-14,16H2,1-2H3,(H,23,24). The van der Waals surface area contributed by atoms with E-state index in [0.717, 1.165) is 64.7 Å². The molecule has 0 aromatic carbocycles. The molecule has 1 aromatic heterocycles. The maximum Gasteiger partial charge on any atom is 0.251 e. The lowest BCUT2D eigenvalue weighted by Gasteiger charge is -2.40. The van der Waals surface area contributed by atoms with Gasteiger partial charge >= 0.3 is 0 Å². The second kappa shape index (κ2) is 10.1. The summed E-state index contributed by atoms with van der Waals surface area (Å²) in [7, 11) is 4.10. The SMILES string of the molecule is CN=C(NCC1CCCN(C)C1c1cccs1)N1CCN(C(=O)C2CCCO2)CC1. The van der Waals surface area contributed by atoms with Crippen molar-refractivity contribution in [2.45, 2.75) is 37.8 Å². The molecule has 7 nitrogen and oxygen atoms in total. The molecule has 166 valence electrons. The molecule has 0 spiro atoms. The molecule has 3 atom stereocenters. The van der Waals surface area contributed by atoms with Crippen LogP contribution < -0.4 is 5.32 Å². The van der Waals surface area contributed by atoms with E-state index in [1.54, 1.807) is 0 Å². The van der Waals surface area contributed by atoms with Crippen molar-refractivity contribution in [2.24, 2.45) is 10.9 Å². The molecule has 0 bridgehead atoms. The van der Waals surface area contributed by atoms with Crippen LogP contribution in [0.1, 0.15) is 36.6 Å². The first-order chi connectivity index (χ1) is 14.7. The number of amides is 1. The predicted molar refractivity (Wildman–Crippen MR) is 121 cm³/mol. The number of nitrogens with one attached hydrogen (secondary N) is 1. The topological polar surface area (TPSA) is 60.4 Å². The summed E-state index contributed by atoms with van der Waals surface area (Å²) in [6, 6.07) is 4.90. The molecular weight excluding hydrogens is 398 g/mol. The normalized spacial score (nSPS) is 28.7. The Morgan fingerprint density at radius 2 is 2.00 bits per heavy atom. The van der Waals surface area contributed by atoms with Gasteiger partial charge in [-0.25, -0.2) is 0 Å². The summed E-state index contributed by atoms with van der Waals surface area (Å²) < 4.78 is 5.57. The monoisotopic (exact) mass is 433 g/mol. The van der Waals surface area contributed by atoms with E-state index >= 15 is 0 Å². The lowest BCUT2D eigenvalue weighted by Crippen LogP contribution is -2.56. The number of thiophene rings is 1. The zero-order chi connectivity index (χ0) is 20.9. The van der Waals surface area contributed by atoms with E-state index in [9.17, 15) is 4.79 Å². The molecule has 8 heteroatoms. The van der Waals surface area contributed by atoms with Crippen LogP contribution in [-0.2, 0) is 9.53 Å². The van der Waals surface area contributed by atoms with Crippen molar-refractivity contribution < 1.29 is 9.53 Å². The maximum atomic E-state index is 12.6. The first kappa shape index (κ1) is 21.6. The van der Waals surface area contributed by atoms with E-state index in [1.807, 2.05) is 23.3 Å². The number of rotatable bonds is 4. The molecule has 1 N–H and O–H groups in total. The van der Waals surface area contributed by atoms with Gasteiger partial charge in [-0.05, 0) is 56.6 Å². The summed E-state index contributed by atoms with van der Waals surface area (Å²) in [6.45, 7) is 5.92. The number of aliphatic imine (C=N–C) groups is 1. The Labute approximate surface area is 184 Å². The summed E-state index contributed by atoms with van der Waals surface area (Å²) in [5.41, 5.74) is 0. The van der Waals surface area contributed by atoms with Gasteiger partial charge in [-0.15, -0.1) is 11.3 Å². The highest BCUT2D eigenvalue weighted by molar-refractivity contribution is 7.10. The zero-order valence-corrected chi connectivity index (χ0v) is 19.1. The second-order valence-corrected chi connectivity index (χ2v) is 9.56. The molecule has 4 rings (SSSR count).